The lowest BCUT2D eigenvalue weighted by Gasteiger charge is -2.10. The highest BCUT2D eigenvalue weighted by Gasteiger charge is 2.11. The lowest BCUT2D eigenvalue weighted by molar-refractivity contribution is -0.137. The van der Waals surface area contributed by atoms with Gasteiger partial charge in [0.15, 0.2) is 11.5 Å². The van der Waals surface area contributed by atoms with E-state index in [1.54, 1.807) is 30.3 Å². The average molecular weight is 361 g/mol. The number of esters is 1. The van der Waals surface area contributed by atoms with Crippen LogP contribution in [0.15, 0.2) is 47.4 Å². The van der Waals surface area contributed by atoms with Crippen LogP contribution in [0, 0.1) is 0 Å². The van der Waals surface area contributed by atoms with Crippen LogP contribution < -0.4 is 14.8 Å². The molecule has 25 heavy (non-hydrogen) atoms. The molecule has 1 N–H and O–H groups in total. The molecule has 0 heterocycles. The third-order valence-electron chi connectivity index (χ3n) is 3.32. The maximum absolute atomic E-state index is 12.4. The lowest BCUT2D eigenvalue weighted by Crippen LogP contribution is -2.12. The van der Waals surface area contributed by atoms with Crippen LogP contribution in [0.3, 0.4) is 0 Å². The largest absolute Gasteiger partial charge is 0.493 e. The van der Waals surface area contributed by atoms with Crippen LogP contribution in [-0.4, -0.2) is 39.0 Å². The van der Waals surface area contributed by atoms with Crippen molar-refractivity contribution in [2.75, 3.05) is 32.4 Å². The predicted molar refractivity (Wildman–Crippen MR) is 96.7 cm³/mol. The molecule has 132 valence electrons. The number of ether oxygens (including phenoxy) is 3. The number of nitrogens with one attached hydrogen (secondary N) is 1. The predicted octanol–water partition coefficient (Wildman–Crippen LogP) is 3.22. The summed E-state index contributed by atoms with van der Waals surface area (Å²) >= 11 is 1.34. The van der Waals surface area contributed by atoms with Crippen molar-refractivity contribution in [1.29, 1.82) is 0 Å². The smallest absolute Gasteiger partial charge is 0.315 e. The van der Waals surface area contributed by atoms with Crippen LogP contribution in [0.25, 0.3) is 0 Å². The first-order valence-corrected chi connectivity index (χ1v) is 8.39. The van der Waals surface area contributed by atoms with Gasteiger partial charge in [0.1, 0.15) is 0 Å². The summed E-state index contributed by atoms with van der Waals surface area (Å²) in [5.41, 5.74) is 1.08. The third-order valence-corrected chi connectivity index (χ3v) is 4.29. The molecule has 7 heteroatoms. The SMILES string of the molecule is COC(=O)CSc1cccc(NC(=O)c2ccc(OC)c(OC)c2)c1. The molecule has 2 aromatic carbocycles. The molecular weight excluding hydrogens is 342 g/mol. The van der Waals surface area contributed by atoms with E-state index < -0.39 is 0 Å². The lowest BCUT2D eigenvalue weighted by atomic mass is 10.2. The minimum absolute atomic E-state index is 0.212. The summed E-state index contributed by atoms with van der Waals surface area (Å²) in [6.07, 6.45) is 0. The Labute approximate surface area is 150 Å². The standard InChI is InChI=1S/C18H19NO5S/c1-22-15-8-7-12(9-16(15)23-2)18(21)19-13-5-4-6-14(10-13)25-11-17(20)24-3/h4-10H,11H2,1-3H3,(H,19,21). The number of hydrogen-bond donors (Lipinski definition) is 1. The second-order valence-corrected chi connectivity index (χ2v) is 5.97. The molecule has 0 atom stereocenters. The monoisotopic (exact) mass is 361 g/mol. The Kier molecular flexibility index (Phi) is 6.71. The summed E-state index contributed by atoms with van der Waals surface area (Å²) in [6, 6.07) is 12.2. The molecule has 0 unspecified atom stereocenters. The van der Waals surface area contributed by atoms with Crippen molar-refractivity contribution in [3.63, 3.8) is 0 Å². The number of methoxy groups -OCH3 is 3. The zero-order chi connectivity index (χ0) is 18.2. The molecule has 2 aromatic rings. The van der Waals surface area contributed by atoms with E-state index in [0.29, 0.717) is 22.7 Å². The fraction of sp³-hybridized carbons (Fsp3) is 0.222. The molecule has 0 aliphatic carbocycles. The van der Waals surface area contributed by atoms with Crippen molar-refractivity contribution < 1.29 is 23.8 Å². The Bertz CT molecular complexity index is 763. The number of thioether (sulfide) groups is 1. The minimum Gasteiger partial charge on any atom is -0.493 e. The van der Waals surface area contributed by atoms with Gasteiger partial charge in [0.2, 0.25) is 0 Å². The highest BCUT2D eigenvalue weighted by Crippen LogP contribution is 2.28. The van der Waals surface area contributed by atoms with Gasteiger partial charge in [0.25, 0.3) is 5.91 Å². The summed E-state index contributed by atoms with van der Waals surface area (Å²) in [5, 5.41) is 2.82. The van der Waals surface area contributed by atoms with E-state index in [1.807, 2.05) is 12.1 Å². The Morgan fingerprint density at radius 3 is 2.44 bits per heavy atom. The van der Waals surface area contributed by atoms with Crippen molar-refractivity contribution >= 4 is 29.3 Å². The molecule has 0 saturated carbocycles. The Balaban J connectivity index is 2.09. The van der Waals surface area contributed by atoms with E-state index in [-0.39, 0.29) is 17.6 Å². The molecule has 0 radical (unpaired) electrons. The zero-order valence-electron chi connectivity index (χ0n) is 14.2. The normalized spacial score (nSPS) is 10.0. The van der Waals surface area contributed by atoms with Gasteiger partial charge >= 0.3 is 5.97 Å². The average Bonchev–Trinajstić information content (AvgIpc) is 2.65. The molecule has 6 nitrogen and oxygen atoms in total. The molecule has 2 rings (SSSR count). The summed E-state index contributed by atoms with van der Waals surface area (Å²) in [5.74, 6) is 0.683. The molecule has 0 fully saturated rings. The van der Waals surface area contributed by atoms with Gasteiger partial charge in [0.05, 0.1) is 27.1 Å². The van der Waals surface area contributed by atoms with Gasteiger partial charge in [-0.3, -0.25) is 9.59 Å². The molecule has 0 saturated heterocycles. The highest BCUT2D eigenvalue weighted by molar-refractivity contribution is 8.00. The maximum atomic E-state index is 12.4. The van der Waals surface area contributed by atoms with E-state index in [9.17, 15) is 9.59 Å². The Morgan fingerprint density at radius 1 is 1.00 bits per heavy atom. The molecule has 0 aliphatic heterocycles. The quantitative estimate of drug-likeness (QED) is 0.603. The van der Waals surface area contributed by atoms with E-state index >= 15 is 0 Å². The first-order chi connectivity index (χ1) is 12.1. The van der Waals surface area contributed by atoms with Gasteiger partial charge in [-0.2, -0.15) is 0 Å². The van der Waals surface area contributed by atoms with E-state index in [0.717, 1.165) is 4.90 Å². The first kappa shape index (κ1) is 18.7. The summed E-state index contributed by atoms with van der Waals surface area (Å²) in [6.45, 7) is 0. The van der Waals surface area contributed by atoms with Crippen molar-refractivity contribution in [3.05, 3.63) is 48.0 Å². The molecule has 0 bridgehead atoms. The van der Waals surface area contributed by atoms with Gasteiger partial charge in [-0.1, -0.05) is 6.07 Å². The second-order valence-electron chi connectivity index (χ2n) is 4.92. The van der Waals surface area contributed by atoms with Gasteiger partial charge in [-0.25, -0.2) is 0 Å². The number of anilines is 1. The van der Waals surface area contributed by atoms with Gasteiger partial charge in [-0.05, 0) is 36.4 Å². The van der Waals surface area contributed by atoms with Gasteiger partial charge in [0, 0.05) is 16.1 Å². The maximum Gasteiger partial charge on any atom is 0.315 e. The molecule has 1 amide bonds. The van der Waals surface area contributed by atoms with E-state index in [1.165, 1.54) is 33.1 Å². The van der Waals surface area contributed by atoms with Gasteiger partial charge < -0.3 is 19.5 Å². The molecule has 0 aliphatic rings. The second kappa shape index (κ2) is 8.98. The van der Waals surface area contributed by atoms with Gasteiger partial charge in [-0.15, -0.1) is 11.8 Å². The van der Waals surface area contributed by atoms with Crippen LogP contribution in [0.2, 0.25) is 0 Å². The van der Waals surface area contributed by atoms with Crippen molar-refractivity contribution in [2.24, 2.45) is 0 Å². The number of benzene rings is 2. The van der Waals surface area contributed by atoms with E-state index in [2.05, 4.69) is 10.1 Å². The summed E-state index contributed by atoms with van der Waals surface area (Å²) in [4.78, 5) is 24.5. The van der Waals surface area contributed by atoms with Crippen LogP contribution in [0.5, 0.6) is 11.5 Å². The number of carbonyl (C=O) groups excluding carboxylic acids is 2. The van der Waals surface area contributed by atoms with Crippen LogP contribution >= 0.6 is 11.8 Å². The fourth-order valence-corrected chi connectivity index (χ4v) is 2.83. The number of carbonyl (C=O) groups is 2. The Morgan fingerprint density at radius 2 is 1.76 bits per heavy atom. The van der Waals surface area contributed by atoms with Crippen LogP contribution in [0.4, 0.5) is 5.69 Å². The van der Waals surface area contributed by atoms with Crippen molar-refractivity contribution in [2.45, 2.75) is 4.90 Å². The Hall–Kier alpha value is -2.67. The fourth-order valence-electron chi connectivity index (χ4n) is 2.05. The number of rotatable bonds is 7. The van der Waals surface area contributed by atoms with E-state index in [4.69, 9.17) is 9.47 Å². The summed E-state index contributed by atoms with van der Waals surface area (Å²) < 4.78 is 15.0. The summed E-state index contributed by atoms with van der Waals surface area (Å²) in [7, 11) is 4.40. The third kappa shape index (κ3) is 5.15. The number of amides is 1. The van der Waals surface area contributed by atoms with Crippen molar-refractivity contribution in [3.8, 4) is 11.5 Å². The first-order valence-electron chi connectivity index (χ1n) is 7.40. The molecular formula is C18H19NO5S. The zero-order valence-corrected chi connectivity index (χ0v) is 15.0. The minimum atomic E-state index is -0.301. The topological polar surface area (TPSA) is 73.9 Å². The number of hydrogen-bond acceptors (Lipinski definition) is 6. The molecule has 0 spiro atoms. The van der Waals surface area contributed by atoms with Crippen molar-refractivity contribution in [1.82, 2.24) is 0 Å². The van der Waals surface area contributed by atoms with Crippen LogP contribution in [0.1, 0.15) is 10.4 Å². The van der Waals surface area contributed by atoms with Crippen LogP contribution in [-0.2, 0) is 9.53 Å². The molecule has 0 aromatic heterocycles. The highest BCUT2D eigenvalue weighted by atomic mass is 32.2.